The zero-order chi connectivity index (χ0) is 22.2. The summed E-state index contributed by atoms with van der Waals surface area (Å²) in [5.41, 5.74) is 4.47. The van der Waals surface area contributed by atoms with E-state index in [4.69, 9.17) is 10.5 Å². The van der Waals surface area contributed by atoms with Crippen molar-refractivity contribution in [3.63, 3.8) is 0 Å². The SMILES string of the molecule is CC[C@H](C)[C@H](NC(=O)OC(C)(C)C)C(=O)N[C@@H](C(=O)N[C@H](C)C(N)=O)C(C)C. The molecular formula is C19H36N4O5. The van der Waals surface area contributed by atoms with E-state index in [9.17, 15) is 19.2 Å². The largest absolute Gasteiger partial charge is 0.444 e. The maximum Gasteiger partial charge on any atom is 0.408 e. The average Bonchev–Trinajstić information content (AvgIpc) is 2.54. The maximum atomic E-state index is 12.8. The van der Waals surface area contributed by atoms with Crippen LogP contribution in [0.25, 0.3) is 0 Å². The molecule has 0 saturated heterocycles. The minimum atomic E-state index is -0.888. The molecule has 0 spiro atoms. The number of carbonyl (C=O) groups is 4. The minimum absolute atomic E-state index is 0.187. The highest BCUT2D eigenvalue weighted by Crippen LogP contribution is 2.12. The molecule has 0 fully saturated rings. The van der Waals surface area contributed by atoms with Gasteiger partial charge in [-0.25, -0.2) is 4.79 Å². The first kappa shape index (κ1) is 25.7. The second-order valence-electron chi connectivity index (χ2n) is 8.37. The monoisotopic (exact) mass is 400 g/mol. The van der Waals surface area contributed by atoms with E-state index in [1.165, 1.54) is 6.92 Å². The molecule has 0 bridgehead atoms. The third kappa shape index (κ3) is 9.05. The molecule has 0 aromatic carbocycles. The van der Waals surface area contributed by atoms with Crippen molar-refractivity contribution in [2.45, 2.75) is 85.5 Å². The summed E-state index contributed by atoms with van der Waals surface area (Å²) in [6, 6.07) is -2.63. The van der Waals surface area contributed by atoms with Gasteiger partial charge in [0.05, 0.1) is 0 Å². The van der Waals surface area contributed by atoms with Crippen molar-refractivity contribution < 1.29 is 23.9 Å². The molecule has 0 radical (unpaired) electrons. The zero-order valence-corrected chi connectivity index (χ0v) is 18.2. The molecule has 0 aliphatic carbocycles. The molecule has 9 nitrogen and oxygen atoms in total. The van der Waals surface area contributed by atoms with E-state index < -0.39 is 47.5 Å². The molecule has 162 valence electrons. The third-order valence-electron chi connectivity index (χ3n) is 4.20. The number of hydrogen-bond donors (Lipinski definition) is 4. The van der Waals surface area contributed by atoms with Crippen molar-refractivity contribution in [2.24, 2.45) is 17.6 Å². The number of carbonyl (C=O) groups excluding carboxylic acids is 4. The molecule has 4 amide bonds. The van der Waals surface area contributed by atoms with E-state index in [-0.39, 0.29) is 11.8 Å². The Balaban J connectivity index is 5.30. The fraction of sp³-hybridized carbons (Fsp3) is 0.789. The molecule has 5 N–H and O–H groups in total. The lowest BCUT2D eigenvalue weighted by atomic mass is 9.96. The number of primary amides is 1. The van der Waals surface area contributed by atoms with E-state index in [2.05, 4.69) is 16.0 Å². The summed E-state index contributed by atoms with van der Waals surface area (Å²) < 4.78 is 5.23. The van der Waals surface area contributed by atoms with Gasteiger partial charge in [0.2, 0.25) is 17.7 Å². The number of nitrogens with two attached hydrogens (primary N) is 1. The Morgan fingerprint density at radius 1 is 0.893 bits per heavy atom. The quantitative estimate of drug-likeness (QED) is 0.458. The van der Waals surface area contributed by atoms with Crippen LogP contribution >= 0.6 is 0 Å². The summed E-state index contributed by atoms with van der Waals surface area (Å²) in [7, 11) is 0. The molecule has 0 unspecified atom stereocenters. The Bertz CT molecular complexity index is 571. The summed E-state index contributed by atoms with van der Waals surface area (Å²) in [6.07, 6.45) is -0.0775. The summed E-state index contributed by atoms with van der Waals surface area (Å²) in [5, 5.41) is 7.74. The summed E-state index contributed by atoms with van der Waals surface area (Å²) in [4.78, 5) is 48.6. The molecule has 0 aromatic rings. The smallest absolute Gasteiger partial charge is 0.408 e. The number of amides is 4. The van der Waals surface area contributed by atoms with Gasteiger partial charge in [0.1, 0.15) is 23.7 Å². The van der Waals surface area contributed by atoms with Crippen LogP contribution < -0.4 is 21.7 Å². The standard InChI is InChI=1S/C19H36N4O5/c1-9-11(4)14(23-18(27)28-19(6,7)8)17(26)22-13(10(2)3)16(25)21-12(5)15(20)24/h10-14H,9H2,1-8H3,(H2,20,24)(H,21,25)(H,22,26)(H,23,27)/t11-,12+,13+,14-/m0/s1. The lowest BCUT2D eigenvalue weighted by Crippen LogP contribution is -2.58. The van der Waals surface area contributed by atoms with Gasteiger partial charge in [-0.05, 0) is 39.5 Å². The van der Waals surface area contributed by atoms with Gasteiger partial charge in [0.25, 0.3) is 0 Å². The number of rotatable bonds is 9. The summed E-state index contributed by atoms with van der Waals surface area (Å²) in [6.45, 7) is 13.9. The minimum Gasteiger partial charge on any atom is -0.444 e. The summed E-state index contributed by atoms with van der Waals surface area (Å²) >= 11 is 0. The lowest BCUT2D eigenvalue weighted by Gasteiger charge is -2.29. The van der Waals surface area contributed by atoms with E-state index in [0.29, 0.717) is 6.42 Å². The highest BCUT2D eigenvalue weighted by molar-refractivity contribution is 5.93. The Kier molecular flexibility index (Phi) is 9.97. The first-order valence-corrected chi connectivity index (χ1v) is 9.59. The number of alkyl carbamates (subject to hydrolysis) is 1. The van der Waals surface area contributed by atoms with Crippen LogP contribution in [0, 0.1) is 11.8 Å². The van der Waals surface area contributed by atoms with Crippen molar-refractivity contribution in [2.75, 3.05) is 0 Å². The van der Waals surface area contributed by atoms with Gasteiger partial charge in [-0.3, -0.25) is 14.4 Å². The van der Waals surface area contributed by atoms with E-state index in [0.717, 1.165) is 0 Å². The predicted octanol–water partition coefficient (Wildman–Crippen LogP) is 1.06. The Hall–Kier alpha value is -2.32. The van der Waals surface area contributed by atoms with Gasteiger partial charge in [0, 0.05) is 0 Å². The van der Waals surface area contributed by atoms with Gasteiger partial charge in [-0.15, -0.1) is 0 Å². The molecule has 0 aromatic heterocycles. The molecule has 0 aliphatic heterocycles. The first-order valence-electron chi connectivity index (χ1n) is 9.59. The fourth-order valence-electron chi connectivity index (χ4n) is 2.29. The molecule has 28 heavy (non-hydrogen) atoms. The van der Waals surface area contributed by atoms with Crippen LogP contribution in [0.3, 0.4) is 0 Å². The van der Waals surface area contributed by atoms with Crippen molar-refractivity contribution in [1.29, 1.82) is 0 Å². The molecule has 0 aliphatic rings. The van der Waals surface area contributed by atoms with Gasteiger partial charge in [0.15, 0.2) is 0 Å². The maximum absolute atomic E-state index is 12.8. The van der Waals surface area contributed by atoms with Gasteiger partial charge < -0.3 is 26.4 Å². The highest BCUT2D eigenvalue weighted by Gasteiger charge is 2.33. The molecule has 9 heteroatoms. The van der Waals surface area contributed by atoms with Crippen LogP contribution in [0.15, 0.2) is 0 Å². The number of ether oxygens (including phenoxy) is 1. The van der Waals surface area contributed by atoms with E-state index >= 15 is 0 Å². The second kappa shape index (κ2) is 10.9. The topological polar surface area (TPSA) is 140 Å². The van der Waals surface area contributed by atoms with Crippen LogP contribution in [0.4, 0.5) is 4.79 Å². The fourth-order valence-corrected chi connectivity index (χ4v) is 2.29. The first-order chi connectivity index (χ1) is 12.7. The second-order valence-corrected chi connectivity index (χ2v) is 8.37. The summed E-state index contributed by atoms with van der Waals surface area (Å²) in [5.74, 6) is -2.13. The van der Waals surface area contributed by atoms with Gasteiger partial charge in [-0.2, -0.15) is 0 Å². The molecule has 0 rings (SSSR count). The van der Waals surface area contributed by atoms with Crippen LogP contribution in [-0.2, 0) is 19.1 Å². The third-order valence-corrected chi connectivity index (χ3v) is 4.20. The van der Waals surface area contributed by atoms with Crippen molar-refractivity contribution in [3.8, 4) is 0 Å². The van der Waals surface area contributed by atoms with Crippen LogP contribution in [-0.4, -0.2) is 47.5 Å². The Labute approximate surface area is 167 Å². The lowest BCUT2D eigenvalue weighted by molar-refractivity contribution is -0.133. The van der Waals surface area contributed by atoms with Gasteiger partial charge >= 0.3 is 6.09 Å². The van der Waals surface area contributed by atoms with Crippen LogP contribution in [0.1, 0.15) is 61.8 Å². The molecular weight excluding hydrogens is 364 g/mol. The van der Waals surface area contributed by atoms with Crippen LogP contribution in [0.2, 0.25) is 0 Å². The van der Waals surface area contributed by atoms with Crippen molar-refractivity contribution in [1.82, 2.24) is 16.0 Å². The van der Waals surface area contributed by atoms with Crippen molar-refractivity contribution >= 4 is 23.8 Å². The van der Waals surface area contributed by atoms with Gasteiger partial charge in [-0.1, -0.05) is 34.1 Å². The Morgan fingerprint density at radius 2 is 1.39 bits per heavy atom. The van der Waals surface area contributed by atoms with Crippen molar-refractivity contribution in [3.05, 3.63) is 0 Å². The predicted molar refractivity (Wildman–Crippen MR) is 106 cm³/mol. The number of nitrogens with one attached hydrogen (secondary N) is 3. The number of hydrogen-bond acceptors (Lipinski definition) is 5. The molecule has 0 saturated carbocycles. The normalized spacial score (nSPS) is 15.8. The molecule has 4 atom stereocenters. The van der Waals surface area contributed by atoms with E-state index in [1.807, 2.05) is 13.8 Å². The highest BCUT2D eigenvalue weighted by atomic mass is 16.6. The zero-order valence-electron chi connectivity index (χ0n) is 18.2. The molecule has 0 heterocycles. The van der Waals surface area contributed by atoms with Crippen LogP contribution in [0.5, 0.6) is 0 Å². The Morgan fingerprint density at radius 3 is 1.79 bits per heavy atom. The average molecular weight is 401 g/mol. The van der Waals surface area contributed by atoms with E-state index in [1.54, 1.807) is 34.6 Å².